The summed E-state index contributed by atoms with van der Waals surface area (Å²) >= 11 is 0. The van der Waals surface area contributed by atoms with Gasteiger partial charge in [0.25, 0.3) is 5.91 Å². The molecule has 0 bridgehead atoms. The van der Waals surface area contributed by atoms with Gasteiger partial charge in [-0.05, 0) is 27.8 Å². The van der Waals surface area contributed by atoms with Crippen LogP contribution in [0.2, 0.25) is 0 Å². The summed E-state index contributed by atoms with van der Waals surface area (Å²) in [7, 11) is 1.83. The zero-order valence-electron chi connectivity index (χ0n) is 15.0. The number of benzene rings is 1. The van der Waals surface area contributed by atoms with E-state index in [0.29, 0.717) is 17.9 Å². The van der Waals surface area contributed by atoms with Gasteiger partial charge in [-0.2, -0.15) is 9.78 Å². The first-order chi connectivity index (χ1) is 12.4. The van der Waals surface area contributed by atoms with Crippen LogP contribution in [0.1, 0.15) is 36.2 Å². The van der Waals surface area contributed by atoms with Gasteiger partial charge in [-0.25, -0.2) is 0 Å². The molecule has 1 aliphatic carbocycles. The Bertz CT molecular complexity index is 916. The van der Waals surface area contributed by atoms with Gasteiger partial charge in [0, 0.05) is 19.0 Å². The van der Waals surface area contributed by atoms with E-state index in [9.17, 15) is 4.79 Å². The van der Waals surface area contributed by atoms with Crippen molar-refractivity contribution < 1.29 is 4.79 Å². The number of tetrazole rings is 1. The van der Waals surface area contributed by atoms with Crippen molar-refractivity contribution in [3.63, 3.8) is 0 Å². The summed E-state index contributed by atoms with van der Waals surface area (Å²) in [6.45, 7) is 5.15. The molecule has 3 aromatic rings. The molecular formula is C18H21N7O. The highest BCUT2D eigenvalue weighted by molar-refractivity contribution is 5.96. The van der Waals surface area contributed by atoms with Crippen LogP contribution in [0, 0.1) is 5.41 Å². The van der Waals surface area contributed by atoms with Crippen molar-refractivity contribution in [2.24, 2.45) is 5.41 Å². The number of H-pyrrole nitrogens is 1. The number of aromatic amines is 1. The predicted molar refractivity (Wildman–Crippen MR) is 94.8 cm³/mol. The molecule has 1 saturated carbocycles. The lowest BCUT2D eigenvalue weighted by atomic mass is 9.87. The molecule has 4 rings (SSSR count). The van der Waals surface area contributed by atoms with Gasteiger partial charge in [0.1, 0.15) is 11.9 Å². The van der Waals surface area contributed by atoms with Crippen LogP contribution >= 0.6 is 0 Å². The summed E-state index contributed by atoms with van der Waals surface area (Å²) < 4.78 is 1.40. The van der Waals surface area contributed by atoms with Crippen LogP contribution in [-0.4, -0.2) is 54.8 Å². The minimum atomic E-state index is -0.109. The highest BCUT2D eigenvalue weighted by Gasteiger charge is 2.62. The molecule has 1 N–H and O–H groups in total. The molecule has 8 heteroatoms. The molecule has 134 valence electrons. The third-order valence-corrected chi connectivity index (χ3v) is 5.52. The topological polar surface area (TPSA) is 92.6 Å². The van der Waals surface area contributed by atoms with Crippen molar-refractivity contribution in [2.75, 3.05) is 13.6 Å². The van der Waals surface area contributed by atoms with E-state index in [1.165, 1.54) is 22.8 Å². The Morgan fingerprint density at radius 2 is 2.04 bits per heavy atom. The van der Waals surface area contributed by atoms with Crippen molar-refractivity contribution in [1.82, 2.24) is 35.3 Å². The van der Waals surface area contributed by atoms with Crippen LogP contribution in [0.4, 0.5) is 0 Å². The van der Waals surface area contributed by atoms with Gasteiger partial charge in [-0.1, -0.05) is 44.2 Å². The van der Waals surface area contributed by atoms with Crippen LogP contribution in [0.3, 0.4) is 0 Å². The van der Waals surface area contributed by atoms with E-state index in [1.807, 2.05) is 13.1 Å². The Hall–Kier alpha value is -3.03. The predicted octanol–water partition coefficient (Wildman–Crippen LogP) is 1.83. The molecule has 1 amide bonds. The molecule has 0 spiro atoms. The van der Waals surface area contributed by atoms with E-state index in [2.05, 4.69) is 63.8 Å². The second-order valence-electron chi connectivity index (χ2n) is 7.56. The molecule has 8 nitrogen and oxygen atoms in total. The molecule has 1 aromatic carbocycles. The second-order valence-corrected chi connectivity index (χ2v) is 7.56. The average molecular weight is 351 g/mol. The van der Waals surface area contributed by atoms with Gasteiger partial charge >= 0.3 is 0 Å². The number of carbonyl (C=O) groups excluding carboxylic acids is 1. The lowest BCUT2D eigenvalue weighted by Gasteiger charge is -2.27. The number of aromatic nitrogens is 6. The minimum Gasteiger partial charge on any atom is -0.341 e. The first kappa shape index (κ1) is 16.4. The highest BCUT2D eigenvalue weighted by atomic mass is 16.2. The molecule has 1 fully saturated rings. The fourth-order valence-corrected chi connectivity index (χ4v) is 3.88. The summed E-state index contributed by atoms with van der Waals surface area (Å²) in [4.78, 5) is 14.8. The van der Waals surface area contributed by atoms with Crippen LogP contribution in [0.5, 0.6) is 0 Å². The van der Waals surface area contributed by atoms with E-state index < -0.39 is 0 Å². The zero-order chi connectivity index (χ0) is 18.4. The molecule has 0 aliphatic heterocycles. The molecule has 1 atom stereocenters. The van der Waals surface area contributed by atoms with Gasteiger partial charge in [0.2, 0.25) is 0 Å². The number of rotatable bonds is 5. The number of nitrogens with zero attached hydrogens (tertiary/aromatic N) is 6. The first-order valence-corrected chi connectivity index (χ1v) is 8.52. The highest BCUT2D eigenvalue weighted by Crippen LogP contribution is 2.64. The Morgan fingerprint density at radius 1 is 1.31 bits per heavy atom. The molecular weight excluding hydrogens is 330 g/mol. The number of hydrogen-bond acceptors (Lipinski definition) is 5. The van der Waals surface area contributed by atoms with Crippen molar-refractivity contribution >= 4 is 5.91 Å². The Morgan fingerprint density at radius 3 is 2.65 bits per heavy atom. The maximum Gasteiger partial charge on any atom is 0.259 e. The fourth-order valence-electron chi connectivity index (χ4n) is 3.88. The summed E-state index contributed by atoms with van der Waals surface area (Å²) in [6.07, 6.45) is 4.00. The lowest BCUT2D eigenvalue weighted by Crippen LogP contribution is -2.37. The van der Waals surface area contributed by atoms with Gasteiger partial charge in [0.15, 0.2) is 5.82 Å². The number of carbonyl (C=O) groups is 1. The van der Waals surface area contributed by atoms with Crippen molar-refractivity contribution in [2.45, 2.75) is 25.7 Å². The lowest BCUT2D eigenvalue weighted by molar-refractivity contribution is 0.0775. The summed E-state index contributed by atoms with van der Waals surface area (Å²) in [5.41, 5.74) is 1.84. The Balaban J connectivity index is 1.60. The maximum absolute atomic E-state index is 13.1. The number of amides is 1. The monoisotopic (exact) mass is 351 g/mol. The molecule has 2 aromatic heterocycles. The van der Waals surface area contributed by atoms with Gasteiger partial charge in [-0.15, -0.1) is 5.10 Å². The van der Waals surface area contributed by atoms with Gasteiger partial charge in [-0.3, -0.25) is 9.89 Å². The molecule has 26 heavy (non-hydrogen) atoms. The van der Waals surface area contributed by atoms with Crippen molar-refractivity contribution in [3.05, 3.63) is 54.0 Å². The third kappa shape index (κ3) is 2.49. The number of nitrogens with one attached hydrogen (secondary N) is 1. The largest absolute Gasteiger partial charge is 0.341 e. The van der Waals surface area contributed by atoms with E-state index in [-0.39, 0.29) is 16.7 Å². The number of hydrogen-bond donors (Lipinski definition) is 1. The van der Waals surface area contributed by atoms with E-state index in [1.54, 1.807) is 4.90 Å². The number of likely N-dealkylation sites (N-methyl/N-ethyl adjacent to an activating group) is 1. The van der Waals surface area contributed by atoms with E-state index in [0.717, 1.165) is 6.42 Å². The normalized spacial score (nSPS) is 20.7. The van der Waals surface area contributed by atoms with Crippen LogP contribution < -0.4 is 0 Å². The van der Waals surface area contributed by atoms with E-state index in [4.69, 9.17) is 0 Å². The average Bonchev–Trinajstić information content (AvgIpc) is 3.10. The van der Waals surface area contributed by atoms with Crippen LogP contribution in [-0.2, 0) is 5.41 Å². The SMILES string of the molecule is CN(C[C@]1(c2ccccc2)CC1(C)C)C(=O)c1cn[nH]c1-n1cnnn1. The van der Waals surface area contributed by atoms with Gasteiger partial charge in [0.05, 0.1) is 6.20 Å². The minimum absolute atomic E-state index is 0.0304. The van der Waals surface area contributed by atoms with Gasteiger partial charge < -0.3 is 4.90 Å². The third-order valence-electron chi connectivity index (χ3n) is 5.52. The first-order valence-electron chi connectivity index (χ1n) is 8.52. The Labute approximate surface area is 151 Å². The summed E-state index contributed by atoms with van der Waals surface area (Å²) in [5.74, 6) is 0.359. The fraction of sp³-hybridized carbons (Fsp3) is 0.389. The molecule has 0 radical (unpaired) electrons. The van der Waals surface area contributed by atoms with Crippen LogP contribution in [0.25, 0.3) is 5.82 Å². The molecule has 0 saturated heterocycles. The van der Waals surface area contributed by atoms with Crippen molar-refractivity contribution in [3.8, 4) is 5.82 Å². The maximum atomic E-state index is 13.1. The summed E-state index contributed by atoms with van der Waals surface area (Å²) in [5, 5.41) is 17.8. The molecule has 1 aliphatic rings. The van der Waals surface area contributed by atoms with E-state index >= 15 is 0 Å². The van der Waals surface area contributed by atoms with Crippen LogP contribution in [0.15, 0.2) is 42.9 Å². The smallest absolute Gasteiger partial charge is 0.259 e. The summed E-state index contributed by atoms with van der Waals surface area (Å²) in [6, 6.07) is 10.4. The quantitative estimate of drug-likeness (QED) is 0.757. The second kappa shape index (κ2) is 5.76. The van der Waals surface area contributed by atoms with Crippen molar-refractivity contribution in [1.29, 1.82) is 0 Å². The zero-order valence-corrected chi connectivity index (χ0v) is 15.0. The molecule has 2 heterocycles. The Kier molecular flexibility index (Phi) is 3.64. The standard InChI is InChI=1S/C18H21N7O/c1-17(2)10-18(17,13-7-5-4-6-8-13)11-24(3)16(26)14-9-19-21-15(14)25-12-20-22-23-25/h4-9,12H,10-11H2,1-3H3,(H,19,21)/t18-/m0/s1. The molecule has 0 unspecified atom stereocenters.